The maximum atomic E-state index is 12.7. The van der Waals surface area contributed by atoms with E-state index in [-0.39, 0.29) is 23.1 Å². The van der Waals surface area contributed by atoms with Crippen LogP contribution in [0.2, 0.25) is 0 Å². The summed E-state index contributed by atoms with van der Waals surface area (Å²) in [4.78, 5) is 25.5. The highest BCUT2D eigenvalue weighted by atomic mass is 32.2. The van der Waals surface area contributed by atoms with Crippen LogP contribution in [0.1, 0.15) is 42.2 Å². The van der Waals surface area contributed by atoms with E-state index in [0.29, 0.717) is 11.3 Å². The van der Waals surface area contributed by atoms with Crippen molar-refractivity contribution in [2.24, 2.45) is 0 Å². The van der Waals surface area contributed by atoms with Gasteiger partial charge in [-0.25, -0.2) is 0 Å². The van der Waals surface area contributed by atoms with Crippen molar-refractivity contribution in [3.8, 4) is 5.75 Å². The maximum Gasteiger partial charge on any atom is 0.251 e. The minimum absolute atomic E-state index is 0.0373. The first-order valence-electron chi connectivity index (χ1n) is 8.58. The lowest BCUT2D eigenvalue weighted by Gasteiger charge is -2.22. The molecule has 6 heteroatoms. The molecule has 3 rings (SSSR count). The first-order valence-corrected chi connectivity index (χ1v) is 9.46. The Morgan fingerprint density at radius 1 is 1.27 bits per heavy atom. The van der Waals surface area contributed by atoms with Crippen LogP contribution in [0.25, 0.3) is 0 Å². The summed E-state index contributed by atoms with van der Waals surface area (Å²) in [5.41, 5.74) is 2.26. The van der Waals surface area contributed by atoms with E-state index in [2.05, 4.69) is 10.6 Å². The minimum atomic E-state index is -0.159. The van der Waals surface area contributed by atoms with Gasteiger partial charge in [-0.2, -0.15) is 0 Å². The summed E-state index contributed by atoms with van der Waals surface area (Å²) >= 11 is 1.50. The van der Waals surface area contributed by atoms with E-state index in [9.17, 15) is 9.59 Å². The molecule has 0 saturated carbocycles. The molecular formula is C20H22N2O3S. The van der Waals surface area contributed by atoms with Crippen LogP contribution in [0.5, 0.6) is 5.75 Å². The zero-order valence-corrected chi connectivity index (χ0v) is 15.9. The number of methoxy groups -OCH3 is 1. The van der Waals surface area contributed by atoms with Crippen LogP contribution in [-0.2, 0) is 4.79 Å². The summed E-state index contributed by atoms with van der Waals surface area (Å²) in [6.07, 6.45) is 0.771. The average molecular weight is 370 g/mol. The van der Waals surface area contributed by atoms with E-state index >= 15 is 0 Å². The van der Waals surface area contributed by atoms with Crippen molar-refractivity contribution in [3.05, 3.63) is 53.6 Å². The fourth-order valence-electron chi connectivity index (χ4n) is 2.85. The molecule has 26 heavy (non-hydrogen) atoms. The lowest BCUT2D eigenvalue weighted by Crippen LogP contribution is -2.29. The second-order valence-electron chi connectivity index (χ2n) is 6.17. The Kier molecular flexibility index (Phi) is 5.52. The molecule has 2 aromatic carbocycles. The first-order chi connectivity index (χ1) is 12.5. The fourth-order valence-corrected chi connectivity index (χ4v) is 3.78. The van der Waals surface area contributed by atoms with Crippen LogP contribution in [0.4, 0.5) is 5.69 Å². The number of amides is 2. The van der Waals surface area contributed by atoms with Gasteiger partial charge in [0.2, 0.25) is 5.91 Å². The Labute approximate surface area is 157 Å². The molecule has 2 unspecified atom stereocenters. The number of thioether (sulfide) groups is 1. The molecule has 0 aromatic heterocycles. The van der Waals surface area contributed by atoms with Crippen LogP contribution < -0.4 is 15.4 Å². The normalized spacial score (nSPS) is 17.0. The lowest BCUT2D eigenvalue weighted by atomic mass is 10.0. The van der Waals surface area contributed by atoms with Crippen LogP contribution in [-0.4, -0.2) is 24.2 Å². The Bertz CT molecular complexity index is 820. The lowest BCUT2D eigenvalue weighted by molar-refractivity contribution is -0.115. The highest BCUT2D eigenvalue weighted by molar-refractivity contribution is 8.00. The number of rotatable bonds is 5. The second-order valence-corrected chi connectivity index (χ2v) is 7.55. The summed E-state index contributed by atoms with van der Waals surface area (Å²) < 4.78 is 5.18. The highest BCUT2D eigenvalue weighted by Crippen LogP contribution is 2.36. The second kappa shape index (κ2) is 7.83. The summed E-state index contributed by atoms with van der Waals surface area (Å²) in [7, 11) is 1.63. The number of benzene rings is 2. The van der Waals surface area contributed by atoms with Gasteiger partial charge in [0, 0.05) is 10.5 Å². The summed E-state index contributed by atoms with van der Waals surface area (Å²) in [6, 6.07) is 13.0. The Morgan fingerprint density at radius 3 is 2.65 bits per heavy atom. The smallest absolute Gasteiger partial charge is 0.251 e. The predicted octanol–water partition coefficient (Wildman–Crippen LogP) is 4.01. The van der Waals surface area contributed by atoms with Crippen LogP contribution in [0.15, 0.2) is 47.4 Å². The van der Waals surface area contributed by atoms with E-state index in [1.165, 1.54) is 11.8 Å². The molecule has 0 spiro atoms. The zero-order chi connectivity index (χ0) is 18.7. The van der Waals surface area contributed by atoms with Crippen LogP contribution >= 0.6 is 11.8 Å². The van der Waals surface area contributed by atoms with Gasteiger partial charge in [-0.3, -0.25) is 9.59 Å². The number of anilines is 1. The standard InChI is InChI=1S/C20H22N2O3S/c1-4-16(13-5-8-15(25-3)9-6-13)21-20(24)14-7-10-18-17(11-14)22-19(23)12(2)26-18/h5-12,16H,4H2,1-3H3,(H,21,24)(H,22,23). The number of fused-ring (bicyclic) bond motifs is 1. The fraction of sp³-hybridized carbons (Fsp3) is 0.300. The molecule has 1 aliphatic heterocycles. The van der Waals surface area contributed by atoms with Crippen molar-refractivity contribution in [2.45, 2.75) is 36.5 Å². The number of hydrogen-bond acceptors (Lipinski definition) is 4. The van der Waals surface area contributed by atoms with Gasteiger partial charge in [-0.05, 0) is 49.2 Å². The molecule has 1 heterocycles. The summed E-state index contributed by atoms with van der Waals surface area (Å²) in [6.45, 7) is 3.89. The van der Waals surface area contributed by atoms with E-state index in [1.807, 2.05) is 44.2 Å². The molecule has 0 radical (unpaired) electrons. The topological polar surface area (TPSA) is 67.4 Å². The van der Waals surface area contributed by atoms with Gasteiger partial charge < -0.3 is 15.4 Å². The average Bonchev–Trinajstić information content (AvgIpc) is 2.66. The SMILES string of the molecule is CCC(NC(=O)c1ccc2c(c1)NC(=O)C(C)S2)c1ccc(OC)cc1. The molecule has 1 aliphatic rings. The van der Waals surface area contributed by atoms with Crippen LogP contribution in [0, 0.1) is 0 Å². The highest BCUT2D eigenvalue weighted by Gasteiger charge is 2.24. The van der Waals surface area contributed by atoms with Gasteiger partial charge in [0.15, 0.2) is 0 Å². The molecule has 2 atom stereocenters. The number of carbonyl (C=O) groups is 2. The minimum Gasteiger partial charge on any atom is -0.497 e. The molecular weight excluding hydrogens is 348 g/mol. The number of hydrogen-bond donors (Lipinski definition) is 2. The van der Waals surface area contributed by atoms with E-state index in [4.69, 9.17) is 4.74 Å². The zero-order valence-electron chi connectivity index (χ0n) is 15.0. The molecule has 136 valence electrons. The summed E-state index contributed by atoms with van der Waals surface area (Å²) in [5.74, 6) is 0.588. The van der Waals surface area contributed by atoms with Crippen molar-refractivity contribution in [1.29, 1.82) is 0 Å². The van der Waals surface area contributed by atoms with Crippen molar-refractivity contribution in [2.75, 3.05) is 12.4 Å². The van der Waals surface area contributed by atoms with Gasteiger partial charge in [0.05, 0.1) is 24.1 Å². The van der Waals surface area contributed by atoms with Gasteiger partial charge in [-0.1, -0.05) is 19.1 Å². The Morgan fingerprint density at radius 2 is 2.00 bits per heavy atom. The third kappa shape index (κ3) is 3.85. The largest absolute Gasteiger partial charge is 0.497 e. The van der Waals surface area contributed by atoms with Crippen LogP contribution in [0.3, 0.4) is 0 Å². The number of nitrogens with one attached hydrogen (secondary N) is 2. The van der Waals surface area contributed by atoms with Gasteiger partial charge in [-0.15, -0.1) is 11.8 Å². The van der Waals surface area contributed by atoms with Gasteiger partial charge in [0.25, 0.3) is 5.91 Å². The molecule has 5 nitrogen and oxygen atoms in total. The maximum absolute atomic E-state index is 12.7. The molecule has 2 N–H and O–H groups in total. The van der Waals surface area contributed by atoms with Crippen molar-refractivity contribution < 1.29 is 14.3 Å². The van der Waals surface area contributed by atoms with Gasteiger partial charge in [0.1, 0.15) is 5.75 Å². The number of ether oxygens (including phenoxy) is 1. The quantitative estimate of drug-likeness (QED) is 0.834. The molecule has 0 bridgehead atoms. The Balaban J connectivity index is 1.76. The molecule has 2 aromatic rings. The predicted molar refractivity (Wildman–Crippen MR) is 104 cm³/mol. The first kappa shape index (κ1) is 18.3. The number of carbonyl (C=O) groups excluding carboxylic acids is 2. The van der Waals surface area contributed by atoms with E-state index in [0.717, 1.165) is 22.6 Å². The molecule has 0 aliphatic carbocycles. The van der Waals surface area contributed by atoms with Crippen molar-refractivity contribution in [3.63, 3.8) is 0 Å². The Hall–Kier alpha value is -2.47. The third-order valence-corrected chi connectivity index (χ3v) is 5.58. The summed E-state index contributed by atoms with van der Waals surface area (Å²) in [5, 5.41) is 5.80. The van der Waals surface area contributed by atoms with E-state index < -0.39 is 0 Å². The van der Waals surface area contributed by atoms with Crippen molar-refractivity contribution >= 4 is 29.3 Å². The molecule has 0 saturated heterocycles. The van der Waals surface area contributed by atoms with Gasteiger partial charge >= 0.3 is 0 Å². The molecule has 0 fully saturated rings. The third-order valence-electron chi connectivity index (χ3n) is 4.40. The monoisotopic (exact) mass is 370 g/mol. The van der Waals surface area contributed by atoms with E-state index in [1.54, 1.807) is 19.2 Å². The van der Waals surface area contributed by atoms with Crippen molar-refractivity contribution in [1.82, 2.24) is 5.32 Å². The molecule has 2 amide bonds.